The Kier molecular flexibility index (Phi) is 6.32. The van der Waals surface area contributed by atoms with Gasteiger partial charge < -0.3 is 14.6 Å². The molecule has 156 valence electrons. The van der Waals surface area contributed by atoms with Crippen LogP contribution in [0.15, 0.2) is 52.3 Å². The van der Waals surface area contributed by atoms with Gasteiger partial charge in [-0.3, -0.25) is 9.59 Å². The van der Waals surface area contributed by atoms with E-state index in [-0.39, 0.29) is 17.9 Å². The van der Waals surface area contributed by atoms with E-state index in [0.29, 0.717) is 41.8 Å². The SMILES string of the molecule is CCC(=O)NC1CCCN(C(=O)c2oc3ccccc3c2CSc2ncccn2)C1. The van der Waals surface area contributed by atoms with Crippen molar-refractivity contribution in [2.45, 2.75) is 43.1 Å². The van der Waals surface area contributed by atoms with E-state index in [1.165, 1.54) is 11.8 Å². The van der Waals surface area contributed by atoms with Gasteiger partial charge in [-0.05, 0) is 25.0 Å². The lowest BCUT2D eigenvalue weighted by Gasteiger charge is -2.32. The third kappa shape index (κ3) is 4.48. The number of nitrogens with one attached hydrogen (secondary N) is 1. The summed E-state index contributed by atoms with van der Waals surface area (Å²) in [6.45, 7) is 2.98. The average Bonchev–Trinajstić information content (AvgIpc) is 3.16. The van der Waals surface area contributed by atoms with Gasteiger partial charge in [-0.1, -0.05) is 36.9 Å². The zero-order chi connectivity index (χ0) is 20.9. The standard InChI is InChI=1S/C22H24N4O3S/c1-2-19(27)25-15-7-5-12-26(13-15)21(28)20-17(14-30-22-23-10-6-11-24-22)16-8-3-4-9-18(16)29-20/h3-4,6,8-11,15H,2,5,7,12-14H2,1H3,(H,25,27). The number of thioether (sulfide) groups is 1. The van der Waals surface area contributed by atoms with E-state index in [1.54, 1.807) is 23.4 Å². The van der Waals surface area contributed by atoms with Gasteiger partial charge in [-0.15, -0.1) is 0 Å². The van der Waals surface area contributed by atoms with Crippen molar-refractivity contribution in [2.24, 2.45) is 0 Å². The van der Waals surface area contributed by atoms with Gasteiger partial charge in [-0.2, -0.15) is 0 Å². The molecule has 1 aliphatic rings. The average molecular weight is 425 g/mol. The molecule has 1 N–H and O–H groups in total. The monoisotopic (exact) mass is 424 g/mol. The summed E-state index contributed by atoms with van der Waals surface area (Å²) in [6, 6.07) is 9.44. The maximum Gasteiger partial charge on any atom is 0.290 e. The fourth-order valence-corrected chi connectivity index (χ4v) is 4.50. The summed E-state index contributed by atoms with van der Waals surface area (Å²) in [5.41, 5.74) is 1.55. The summed E-state index contributed by atoms with van der Waals surface area (Å²) in [5.74, 6) is 0.776. The van der Waals surface area contributed by atoms with Crippen molar-refractivity contribution >= 4 is 34.5 Å². The van der Waals surface area contributed by atoms with E-state index in [1.807, 2.05) is 31.2 Å². The minimum atomic E-state index is -0.133. The Morgan fingerprint density at radius 2 is 2.03 bits per heavy atom. The number of carbonyl (C=O) groups is 2. The van der Waals surface area contributed by atoms with Crippen LogP contribution in [0.5, 0.6) is 0 Å². The van der Waals surface area contributed by atoms with Gasteiger partial charge in [0.2, 0.25) is 5.91 Å². The molecule has 7 nitrogen and oxygen atoms in total. The Hall–Kier alpha value is -2.87. The molecule has 2 aromatic heterocycles. The summed E-state index contributed by atoms with van der Waals surface area (Å²) in [5, 5.41) is 4.59. The summed E-state index contributed by atoms with van der Waals surface area (Å²) in [4.78, 5) is 35.4. The van der Waals surface area contributed by atoms with E-state index in [0.717, 1.165) is 23.8 Å². The first-order valence-electron chi connectivity index (χ1n) is 10.1. The van der Waals surface area contributed by atoms with Crippen molar-refractivity contribution in [3.63, 3.8) is 0 Å². The normalized spacial score (nSPS) is 16.6. The van der Waals surface area contributed by atoms with Gasteiger partial charge in [0.05, 0.1) is 0 Å². The third-order valence-electron chi connectivity index (χ3n) is 5.18. The number of likely N-dealkylation sites (tertiary alicyclic amines) is 1. The lowest BCUT2D eigenvalue weighted by molar-refractivity contribution is -0.121. The van der Waals surface area contributed by atoms with Crippen LogP contribution < -0.4 is 5.32 Å². The first-order chi connectivity index (χ1) is 14.7. The molecule has 1 aromatic carbocycles. The van der Waals surface area contributed by atoms with Crippen molar-refractivity contribution in [1.82, 2.24) is 20.2 Å². The van der Waals surface area contributed by atoms with Crippen LogP contribution in [0.3, 0.4) is 0 Å². The zero-order valence-corrected chi connectivity index (χ0v) is 17.7. The van der Waals surface area contributed by atoms with Gasteiger partial charge in [0.1, 0.15) is 5.58 Å². The Labute approximate surface area is 179 Å². The van der Waals surface area contributed by atoms with Gasteiger partial charge in [0.15, 0.2) is 10.9 Å². The summed E-state index contributed by atoms with van der Waals surface area (Å²) < 4.78 is 6.01. The predicted molar refractivity (Wildman–Crippen MR) is 115 cm³/mol. The zero-order valence-electron chi connectivity index (χ0n) is 16.8. The molecule has 1 fully saturated rings. The highest BCUT2D eigenvalue weighted by Gasteiger charge is 2.29. The lowest BCUT2D eigenvalue weighted by atomic mass is 10.0. The molecule has 1 unspecified atom stereocenters. The number of rotatable bonds is 6. The predicted octanol–water partition coefficient (Wildman–Crippen LogP) is 3.65. The number of fused-ring (bicyclic) bond motifs is 1. The van der Waals surface area contributed by atoms with E-state index in [9.17, 15) is 9.59 Å². The highest BCUT2D eigenvalue weighted by atomic mass is 32.2. The van der Waals surface area contributed by atoms with Gasteiger partial charge in [0, 0.05) is 54.6 Å². The second-order valence-electron chi connectivity index (χ2n) is 7.24. The van der Waals surface area contributed by atoms with Gasteiger partial charge >= 0.3 is 0 Å². The number of benzene rings is 1. The molecule has 1 saturated heterocycles. The number of furan rings is 1. The van der Waals surface area contributed by atoms with Gasteiger partial charge in [0.25, 0.3) is 5.91 Å². The van der Waals surface area contributed by atoms with E-state index >= 15 is 0 Å². The number of piperidine rings is 1. The molecule has 0 saturated carbocycles. The second kappa shape index (κ2) is 9.30. The molecule has 0 spiro atoms. The molecule has 0 aliphatic carbocycles. The van der Waals surface area contributed by atoms with Crippen LogP contribution >= 0.6 is 11.8 Å². The van der Waals surface area contributed by atoms with Crippen LogP contribution in [0.1, 0.15) is 42.3 Å². The van der Waals surface area contributed by atoms with Crippen molar-refractivity contribution < 1.29 is 14.0 Å². The molecule has 0 bridgehead atoms. The van der Waals surface area contributed by atoms with Gasteiger partial charge in [-0.25, -0.2) is 9.97 Å². The molecule has 8 heteroatoms. The number of hydrogen-bond acceptors (Lipinski definition) is 6. The molecular weight excluding hydrogens is 400 g/mol. The summed E-state index contributed by atoms with van der Waals surface area (Å²) in [7, 11) is 0. The Bertz CT molecular complexity index is 1040. The second-order valence-corrected chi connectivity index (χ2v) is 8.18. The highest BCUT2D eigenvalue weighted by Crippen LogP contribution is 2.32. The van der Waals surface area contributed by atoms with Crippen molar-refractivity contribution in [2.75, 3.05) is 13.1 Å². The molecule has 30 heavy (non-hydrogen) atoms. The number of carbonyl (C=O) groups excluding carboxylic acids is 2. The summed E-state index contributed by atoms with van der Waals surface area (Å²) in [6.07, 6.45) is 5.57. The minimum Gasteiger partial charge on any atom is -0.451 e. The quantitative estimate of drug-likeness (QED) is 0.480. The summed E-state index contributed by atoms with van der Waals surface area (Å²) >= 11 is 1.47. The smallest absolute Gasteiger partial charge is 0.290 e. The Balaban J connectivity index is 1.58. The van der Waals surface area contributed by atoms with E-state index in [2.05, 4.69) is 15.3 Å². The number of para-hydroxylation sites is 1. The molecular formula is C22H24N4O3S. The molecule has 2 amide bonds. The van der Waals surface area contributed by atoms with Crippen molar-refractivity contribution in [1.29, 1.82) is 0 Å². The van der Waals surface area contributed by atoms with Crippen molar-refractivity contribution in [3.8, 4) is 0 Å². The maximum atomic E-state index is 13.4. The molecule has 1 atom stereocenters. The van der Waals surface area contributed by atoms with Crippen LogP contribution in [0, 0.1) is 0 Å². The third-order valence-corrected chi connectivity index (χ3v) is 6.08. The maximum absolute atomic E-state index is 13.4. The van der Waals surface area contributed by atoms with Crippen LogP contribution in [0.4, 0.5) is 0 Å². The topological polar surface area (TPSA) is 88.3 Å². The van der Waals surface area contributed by atoms with Crippen LogP contribution in [0.2, 0.25) is 0 Å². The largest absolute Gasteiger partial charge is 0.451 e. The number of hydrogen-bond donors (Lipinski definition) is 1. The Morgan fingerprint density at radius 3 is 2.83 bits per heavy atom. The lowest BCUT2D eigenvalue weighted by Crippen LogP contribution is -2.49. The minimum absolute atomic E-state index is 0.0120. The van der Waals surface area contributed by atoms with Crippen LogP contribution in [-0.4, -0.2) is 45.8 Å². The first-order valence-corrected chi connectivity index (χ1v) is 11.1. The number of amides is 2. The molecule has 1 aliphatic heterocycles. The molecule has 3 heterocycles. The van der Waals surface area contributed by atoms with Crippen LogP contribution in [0.25, 0.3) is 11.0 Å². The Morgan fingerprint density at radius 1 is 1.23 bits per heavy atom. The first kappa shape index (κ1) is 20.4. The molecule has 0 radical (unpaired) electrons. The number of aromatic nitrogens is 2. The van der Waals surface area contributed by atoms with E-state index in [4.69, 9.17) is 4.42 Å². The molecule has 4 rings (SSSR count). The molecule has 3 aromatic rings. The number of nitrogens with zero attached hydrogens (tertiary/aromatic N) is 3. The fraction of sp³-hybridized carbons (Fsp3) is 0.364. The van der Waals surface area contributed by atoms with Crippen LogP contribution in [-0.2, 0) is 10.5 Å². The highest BCUT2D eigenvalue weighted by molar-refractivity contribution is 7.98. The fourth-order valence-electron chi connectivity index (χ4n) is 3.66. The van der Waals surface area contributed by atoms with E-state index < -0.39 is 0 Å². The van der Waals surface area contributed by atoms with Crippen molar-refractivity contribution in [3.05, 3.63) is 54.0 Å².